The zero-order valence-electron chi connectivity index (χ0n) is 9.69. The molecule has 4 heteroatoms. The SMILES string of the molecule is COCOc1ccc(C(=O)O)cc1C(C)C. The van der Waals surface area contributed by atoms with E-state index >= 15 is 0 Å². The van der Waals surface area contributed by atoms with Gasteiger partial charge >= 0.3 is 5.97 Å². The number of aromatic carboxylic acids is 1. The summed E-state index contributed by atoms with van der Waals surface area (Å²) in [6, 6.07) is 4.83. The van der Waals surface area contributed by atoms with Gasteiger partial charge < -0.3 is 14.6 Å². The van der Waals surface area contributed by atoms with Gasteiger partial charge in [-0.1, -0.05) is 13.8 Å². The zero-order valence-corrected chi connectivity index (χ0v) is 9.69. The lowest BCUT2D eigenvalue weighted by Crippen LogP contribution is -2.05. The highest BCUT2D eigenvalue weighted by molar-refractivity contribution is 5.88. The van der Waals surface area contributed by atoms with Crippen molar-refractivity contribution in [2.75, 3.05) is 13.9 Å². The van der Waals surface area contributed by atoms with Crippen LogP contribution in [0.4, 0.5) is 0 Å². The predicted octanol–water partition coefficient (Wildman–Crippen LogP) is 2.49. The maximum absolute atomic E-state index is 10.8. The van der Waals surface area contributed by atoms with Crippen LogP contribution in [0.15, 0.2) is 18.2 Å². The van der Waals surface area contributed by atoms with E-state index in [0.29, 0.717) is 5.75 Å². The summed E-state index contributed by atoms with van der Waals surface area (Å²) in [4.78, 5) is 10.8. The molecule has 0 aromatic heterocycles. The molecule has 0 radical (unpaired) electrons. The second-order valence-corrected chi connectivity index (χ2v) is 3.76. The van der Waals surface area contributed by atoms with Crippen molar-refractivity contribution in [2.45, 2.75) is 19.8 Å². The van der Waals surface area contributed by atoms with Gasteiger partial charge in [0.05, 0.1) is 5.56 Å². The summed E-state index contributed by atoms with van der Waals surface area (Å²) in [5.41, 5.74) is 1.14. The van der Waals surface area contributed by atoms with Crippen LogP contribution in [0.25, 0.3) is 0 Å². The fourth-order valence-corrected chi connectivity index (χ4v) is 1.39. The molecule has 16 heavy (non-hydrogen) atoms. The molecule has 0 aliphatic carbocycles. The van der Waals surface area contributed by atoms with Gasteiger partial charge in [0.15, 0.2) is 6.79 Å². The third-order valence-corrected chi connectivity index (χ3v) is 2.21. The molecule has 1 aromatic carbocycles. The third-order valence-electron chi connectivity index (χ3n) is 2.21. The van der Waals surface area contributed by atoms with E-state index < -0.39 is 5.97 Å². The average Bonchev–Trinajstić information content (AvgIpc) is 2.25. The Morgan fingerprint density at radius 1 is 1.44 bits per heavy atom. The molecule has 88 valence electrons. The Morgan fingerprint density at radius 3 is 2.62 bits per heavy atom. The highest BCUT2D eigenvalue weighted by Crippen LogP contribution is 2.27. The first-order valence-corrected chi connectivity index (χ1v) is 5.05. The molecule has 4 nitrogen and oxygen atoms in total. The number of benzene rings is 1. The van der Waals surface area contributed by atoms with E-state index in [4.69, 9.17) is 14.6 Å². The van der Waals surface area contributed by atoms with Crippen LogP contribution in [0.5, 0.6) is 5.75 Å². The Hall–Kier alpha value is -1.55. The second-order valence-electron chi connectivity index (χ2n) is 3.76. The lowest BCUT2D eigenvalue weighted by Gasteiger charge is -2.14. The number of carboxylic acids is 1. The fourth-order valence-electron chi connectivity index (χ4n) is 1.39. The first-order valence-electron chi connectivity index (χ1n) is 5.05. The first-order chi connectivity index (χ1) is 7.56. The van der Waals surface area contributed by atoms with E-state index in [1.54, 1.807) is 19.2 Å². The van der Waals surface area contributed by atoms with Gasteiger partial charge in [0.2, 0.25) is 0 Å². The average molecular weight is 224 g/mol. The quantitative estimate of drug-likeness (QED) is 0.781. The van der Waals surface area contributed by atoms with Crippen LogP contribution in [0, 0.1) is 0 Å². The second kappa shape index (κ2) is 5.51. The van der Waals surface area contributed by atoms with Crippen molar-refractivity contribution < 1.29 is 19.4 Å². The summed E-state index contributed by atoms with van der Waals surface area (Å²) < 4.78 is 10.2. The molecule has 0 spiro atoms. The predicted molar refractivity (Wildman–Crippen MR) is 60.0 cm³/mol. The molecule has 1 rings (SSSR count). The maximum Gasteiger partial charge on any atom is 0.335 e. The summed E-state index contributed by atoms with van der Waals surface area (Å²) in [6.45, 7) is 4.13. The molecule has 0 aliphatic heterocycles. The first kappa shape index (κ1) is 12.5. The molecule has 0 aliphatic rings. The number of hydrogen-bond donors (Lipinski definition) is 1. The molecule has 1 aromatic rings. The van der Waals surface area contributed by atoms with Gasteiger partial charge in [-0.05, 0) is 29.7 Å². The maximum atomic E-state index is 10.8. The molecule has 0 heterocycles. The molecule has 0 atom stereocenters. The van der Waals surface area contributed by atoms with Crippen molar-refractivity contribution in [2.24, 2.45) is 0 Å². The largest absolute Gasteiger partial charge is 0.478 e. The van der Waals surface area contributed by atoms with Crippen molar-refractivity contribution in [3.63, 3.8) is 0 Å². The molecule has 0 bridgehead atoms. The van der Waals surface area contributed by atoms with Crippen LogP contribution in [0.3, 0.4) is 0 Å². The van der Waals surface area contributed by atoms with E-state index in [9.17, 15) is 4.79 Å². The van der Waals surface area contributed by atoms with Crippen molar-refractivity contribution >= 4 is 5.97 Å². The molecule has 0 amide bonds. The van der Waals surface area contributed by atoms with Crippen molar-refractivity contribution in [3.05, 3.63) is 29.3 Å². The van der Waals surface area contributed by atoms with E-state index in [2.05, 4.69) is 0 Å². The molecule has 0 saturated heterocycles. The van der Waals surface area contributed by atoms with Crippen LogP contribution in [0.2, 0.25) is 0 Å². The Labute approximate surface area is 94.8 Å². The minimum Gasteiger partial charge on any atom is -0.478 e. The minimum atomic E-state index is -0.930. The summed E-state index contributed by atoms with van der Waals surface area (Å²) >= 11 is 0. The standard InChI is InChI=1S/C12H16O4/c1-8(2)10-6-9(12(13)14)4-5-11(10)16-7-15-3/h4-6,8H,7H2,1-3H3,(H,13,14). The molecular weight excluding hydrogens is 208 g/mol. The van der Waals surface area contributed by atoms with E-state index in [1.165, 1.54) is 6.07 Å². The lowest BCUT2D eigenvalue weighted by atomic mass is 9.99. The van der Waals surface area contributed by atoms with Gasteiger partial charge in [0.1, 0.15) is 5.75 Å². The van der Waals surface area contributed by atoms with E-state index in [0.717, 1.165) is 5.56 Å². The Kier molecular flexibility index (Phi) is 4.31. The van der Waals surface area contributed by atoms with Gasteiger partial charge in [-0.2, -0.15) is 0 Å². The van der Waals surface area contributed by atoms with E-state index in [1.807, 2.05) is 13.8 Å². The summed E-state index contributed by atoms with van der Waals surface area (Å²) in [5, 5.41) is 8.89. The molecular formula is C12H16O4. The fraction of sp³-hybridized carbons (Fsp3) is 0.417. The normalized spacial score (nSPS) is 10.5. The van der Waals surface area contributed by atoms with Crippen LogP contribution >= 0.6 is 0 Å². The van der Waals surface area contributed by atoms with Gasteiger partial charge in [0, 0.05) is 7.11 Å². The summed E-state index contributed by atoms with van der Waals surface area (Å²) in [5.74, 6) is -0.0619. The Balaban J connectivity index is 3.04. The summed E-state index contributed by atoms with van der Waals surface area (Å²) in [6.07, 6.45) is 0. The van der Waals surface area contributed by atoms with Gasteiger partial charge in [-0.25, -0.2) is 4.79 Å². The van der Waals surface area contributed by atoms with Crippen molar-refractivity contribution in [1.82, 2.24) is 0 Å². The Bertz CT molecular complexity index is 371. The highest BCUT2D eigenvalue weighted by atomic mass is 16.7. The van der Waals surface area contributed by atoms with Gasteiger partial charge in [-0.15, -0.1) is 0 Å². The van der Waals surface area contributed by atoms with Crippen molar-refractivity contribution in [3.8, 4) is 5.75 Å². The number of hydrogen-bond acceptors (Lipinski definition) is 3. The monoisotopic (exact) mass is 224 g/mol. The van der Waals surface area contributed by atoms with Gasteiger partial charge in [-0.3, -0.25) is 0 Å². The smallest absolute Gasteiger partial charge is 0.335 e. The molecule has 1 N–H and O–H groups in total. The van der Waals surface area contributed by atoms with Crippen molar-refractivity contribution in [1.29, 1.82) is 0 Å². The van der Waals surface area contributed by atoms with Gasteiger partial charge in [0.25, 0.3) is 0 Å². The third kappa shape index (κ3) is 2.97. The highest BCUT2D eigenvalue weighted by Gasteiger charge is 2.12. The number of methoxy groups -OCH3 is 1. The lowest BCUT2D eigenvalue weighted by molar-refractivity contribution is 0.0502. The number of carbonyl (C=O) groups is 1. The number of ether oxygens (including phenoxy) is 2. The topological polar surface area (TPSA) is 55.8 Å². The van der Waals surface area contributed by atoms with Crippen LogP contribution in [-0.4, -0.2) is 25.0 Å². The van der Waals surface area contributed by atoms with Crippen LogP contribution in [0.1, 0.15) is 35.7 Å². The van der Waals surface area contributed by atoms with Crippen LogP contribution in [-0.2, 0) is 4.74 Å². The zero-order chi connectivity index (χ0) is 12.1. The Morgan fingerprint density at radius 2 is 2.12 bits per heavy atom. The van der Waals surface area contributed by atoms with E-state index in [-0.39, 0.29) is 18.3 Å². The molecule has 0 fully saturated rings. The molecule has 0 unspecified atom stereocenters. The van der Waals surface area contributed by atoms with Crippen LogP contribution < -0.4 is 4.74 Å². The number of carboxylic acid groups (broad SMARTS) is 1. The summed E-state index contributed by atoms with van der Waals surface area (Å²) in [7, 11) is 1.54. The molecule has 0 saturated carbocycles. The minimum absolute atomic E-state index is 0.159. The number of rotatable bonds is 5.